The van der Waals surface area contributed by atoms with Crippen LogP contribution in [0.1, 0.15) is 18.4 Å². The summed E-state index contributed by atoms with van der Waals surface area (Å²) in [4.78, 5) is 3.52. The minimum atomic E-state index is 0.551. The lowest BCUT2D eigenvalue weighted by molar-refractivity contribution is -0.472. The standard InChI is InChI=1S/C16H14Cl2N2/c17-14-9-8-13(10-15(14)18)20-16(19-12-6-7-12)11-4-2-1-3-5-11/h1-5,8-10,12H,6-7H2,(H,19,20)/p+1. The van der Waals surface area contributed by atoms with Crippen molar-refractivity contribution in [1.82, 2.24) is 0 Å². The Hall–Kier alpha value is -1.51. The quantitative estimate of drug-likeness (QED) is 0.661. The highest BCUT2D eigenvalue weighted by Gasteiger charge is 2.25. The fraction of sp³-hybridized carbons (Fsp3) is 0.188. The smallest absolute Gasteiger partial charge is 0.271 e. The molecule has 0 heterocycles. The summed E-state index contributed by atoms with van der Waals surface area (Å²) in [5.41, 5.74) is 2.05. The number of anilines is 1. The van der Waals surface area contributed by atoms with E-state index in [1.165, 1.54) is 12.8 Å². The minimum Gasteiger partial charge on any atom is -0.271 e. The van der Waals surface area contributed by atoms with Gasteiger partial charge in [0, 0.05) is 6.07 Å². The van der Waals surface area contributed by atoms with E-state index >= 15 is 0 Å². The summed E-state index contributed by atoms with van der Waals surface area (Å²) < 4.78 is 0. The third-order valence-corrected chi connectivity index (χ3v) is 3.92. The highest BCUT2D eigenvalue weighted by Crippen LogP contribution is 2.25. The largest absolute Gasteiger partial charge is 0.280 e. The Labute approximate surface area is 128 Å². The lowest BCUT2D eigenvalue weighted by Gasteiger charge is -2.04. The lowest BCUT2D eigenvalue weighted by Crippen LogP contribution is -2.76. The zero-order chi connectivity index (χ0) is 13.9. The van der Waals surface area contributed by atoms with Gasteiger partial charge in [0.05, 0.1) is 21.7 Å². The van der Waals surface area contributed by atoms with Crippen LogP contribution >= 0.6 is 23.2 Å². The number of nitrogens with one attached hydrogen (secondary N) is 2. The van der Waals surface area contributed by atoms with E-state index in [0.29, 0.717) is 16.1 Å². The summed E-state index contributed by atoms with van der Waals surface area (Å²) >= 11 is 12.0. The molecule has 102 valence electrons. The van der Waals surface area contributed by atoms with E-state index in [0.717, 1.165) is 17.1 Å². The molecule has 2 aromatic carbocycles. The van der Waals surface area contributed by atoms with Gasteiger partial charge in [0.1, 0.15) is 5.69 Å². The van der Waals surface area contributed by atoms with Crippen molar-refractivity contribution >= 4 is 34.7 Å². The van der Waals surface area contributed by atoms with E-state index in [1.807, 2.05) is 30.3 Å². The van der Waals surface area contributed by atoms with E-state index in [2.05, 4.69) is 22.4 Å². The normalized spacial score (nSPS) is 15.2. The predicted molar refractivity (Wildman–Crippen MR) is 84.6 cm³/mol. The van der Waals surface area contributed by atoms with Gasteiger partial charge in [-0.1, -0.05) is 41.4 Å². The first-order chi connectivity index (χ1) is 9.72. The number of hydrogen-bond acceptors (Lipinski definition) is 0. The first kappa shape index (κ1) is 13.5. The maximum absolute atomic E-state index is 6.06. The zero-order valence-corrected chi connectivity index (χ0v) is 12.4. The summed E-state index contributed by atoms with van der Waals surface area (Å²) in [6, 6.07) is 16.3. The topological polar surface area (TPSA) is 26.0 Å². The lowest BCUT2D eigenvalue weighted by atomic mass is 10.2. The first-order valence-electron chi connectivity index (χ1n) is 6.63. The summed E-state index contributed by atoms with van der Waals surface area (Å²) in [5, 5.41) is 4.51. The molecule has 4 heteroatoms. The predicted octanol–water partition coefficient (Wildman–Crippen LogP) is 3.10. The van der Waals surface area contributed by atoms with Crippen molar-refractivity contribution < 1.29 is 4.99 Å². The van der Waals surface area contributed by atoms with Gasteiger partial charge in [-0.05, 0) is 37.1 Å². The molecule has 0 spiro atoms. The van der Waals surface area contributed by atoms with Crippen molar-refractivity contribution in [2.45, 2.75) is 18.9 Å². The van der Waals surface area contributed by atoms with Crippen molar-refractivity contribution in [1.29, 1.82) is 0 Å². The molecular formula is C16H15Cl2N2+. The second kappa shape index (κ2) is 5.86. The highest BCUT2D eigenvalue weighted by atomic mass is 35.5. The summed E-state index contributed by atoms with van der Waals surface area (Å²) in [6.45, 7) is 0. The molecule has 0 saturated heterocycles. The third kappa shape index (κ3) is 3.33. The zero-order valence-electron chi connectivity index (χ0n) is 10.9. The number of rotatable bonds is 3. The number of benzene rings is 2. The van der Waals surface area contributed by atoms with Gasteiger partial charge in [-0.15, -0.1) is 0 Å². The number of halogens is 2. The maximum atomic E-state index is 6.06. The molecule has 2 aromatic rings. The Bertz CT molecular complexity index is 634. The number of hydrogen-bond donors (Lipinski definition) is 2. The van der Waals surface area contributed by atoms with Crippen LogP contribution in [0.25, 0.3) is 0 Å². The second-order valence-electron chi connectivity index (χ2n) is 4.91. The van der Waals surface area contributed by atoms with Gasteiger partial charge in [0.2, 0.25) is 0 Å². The average Bonchev–Trinajstić information content (AvgIpc) is 3.27. The molecule has 0 aliphatic heterocycles. The van der Waals surface area contributed by atoms with Gasteiger partial charge in [0.25, 0.3) is 5.84 Å². The fourth-order valence-electron chi connectivity index (χ4n) is 1.95. The van der Waals surface area contributed by atoms with Crippen molar-refractivity contribution in [2.24, 2.45) is 0 Å². The molecule has 2 nitrogen and oxygen atoms in total. The molecule has 1 saturated carbocycles. The van der Waals surface area contributed by atoms with Gasteiger partial charge in [-0.25, -0.2) is 5.32 Å². The Morgan fingerprint density at radius 3 is 2.40 bits per heavy atom. The Morgan fingerprint density at radius 2 is 1.75 bits per heavy atom. The van der Waals surface area contributed by atoms with Crippen molar-refractivity contribution in [3.8, 4) is 0 Å². The molecular weight excluding hydrogens is 291 g/mol. The van der Waals surface area contributed by atoms with Gasteiger partial charge >= 0.3 is 0 Å². The molecule has 20 heavy (non-hydrogen) atoms. The van der Waals surface area contributed by atoms with E-state index in [1.54, 1.807) is 6.07 Å². The van der Waals surface area contributed by atoms with Crippen molar-refractivity contribution in [3.63, 3.8) is 0 Å². The van der Waals surface area contributed by atoms with E-state index in [-0.39, 0.29) is 0 Å². The van der Waals surface area contributed by atoms with Crippen molar-refractivity contribution in [3.05, 3.63) is 64.1 Å². The molecule has 0 radical (unpaired) electrons. The average molecular weight is 306 g/mol. The van der Waals surface area contributed by atoms with Crippen molar-refractivity contribution in [2.75, 3.05) is 5.32 Å². The van der Waals surface area contributed by atoms with Crippen LogP contribution in [0.15, 0.2) is 48.5 Å². The SMILES string of the molecule is Clc1ccc(NC(=[NH+]C2CC2)c2ccccc2)cc1Cl. The Kier molecular flexibility index (Phi) is 3.95. The molecule has 1 aliphatic carbocycles. The monoisotopic (exact) mass is 305 g/mol. The molecule has 0 amide bonds. The van der Waals surface area contributed by atoms with Crippen LogP contribution in [0.2, 0.25) is 10.0 Å². The Balaban J connectivity index is 1.88. The fourth-order valence-corrected chi connectivity index (χ4v) is 2.24. The van der Waals surface area contributed by atoms with Crippen LogP contribution in [0, 0.1) is 0 Å². The molecule has 1 aliphatic rings. The molecule has 0 aromatic heterocycles. The molecule has 2 N–H and O–H groups in total. The first-order valence-corrected chi connectivity index (χ1v) is 7.39. The second-order valence-corrected chi connectivity index (χ2v) is 5.73. The molecule has 1 fully saturated rings. The van der Waals surface area contributed by atoms with Crippen LogP contribution in [-0.2, 0) is 0 Å². The van der Waals surface area contributed by atoms with Gasteiger partial charge in [-0.2, -0.15) is 0 Å². The van der Waals surface area contributed by atoms with Crippen LogP contribution < -0.4 is 10.3 Å². The van der Waals surface area contributed by atoms with E-state index in [4.69, 9.17) is 23.2 Å². The summed E-state index contributed by atoms with van der Waals surface area (Å²) in [5.74, 6) is 1.01. The van der Waals surface area contributed by atoms with Crippen LogP contribution in [0.5, 0.6) is 0 Å². The summed E-state index contributed by atoms with van der Waals surface area (Å²) in [7, 11) is 0. The van der Waals surface area contributed by atoms with Crippen LogP contribution in [0.4, 0.5) is 5.69 Å². The van der Waals surface area contributed by atoms with Crippen LogP contribution in [0.3, 0.4) is 0 Å². The number of amidine groups is 1. The van der Waals surface area contributed by atoms with E-state index < -0.39 is 0 Å². The molecule has 0 unspecified atom stereocenters. The van der Waals surface area contributed by atoms with Gasteiger partial charge in [0.15, 0.2) is 0 Å². The van der Waals surface area contributed by atoms with Crippen LogP contribution in [-0.4, -0.2) is 11.9 Å². The highest BCUT2D eigenvalue weighted by molar-refractivity contribution is 6.42. The summed E-state index contributed by atoms with van der Waals surface area (Å²) in [6.07, 6.45) is 2.44. The van der Waals surface area contributed by atoms with Gasteiger partial charge in [-0.3, -0.25) is 4.99 Å². The minimum absolute atomic E-state index is 0.551. The van der Waals surface area contributed by atoms with E-state index in [9.17, 15) is 0 Å². The third-order valence-electron chi connectivity index (χ3n) is 3.18. The maximum Gasteiger partial charge on any atom is 0.280 e. The Morgan fingerprint density at radius 1 is 1.00 bits per heavy atom. The molecule has 3 rings (SSSR count). The van der Waals surface area contributed by atoms with Gasteiger partial charge < -0.3 is 0 Å². The molecule has 0 bridgehead atoms. The molecule has 0 atom stereocenters.